The molecular formula is C64H44N2. The van der Waals surface area contributed by atoms with Crippen LogP contribution in [0.25, 0.3) is 93.9 Å². The topological polar surface area (TPSA) is 8.17 Å². The minimum atomic E-state index is 1.07. The summed E-state index contributed by atoms with van der Waals surface area (Å²) in [4.78, 5) is 2.42. The number of benzene rings is 11. The van der Waals surface area contributed by atoms with Crippen molar-refractivity contribution in [3.63, 3.8) is 0 Å². The van der Waals surface area contributed by atoms with Gasteiger partial charge in [0.1, 0.15) is 0 Å². The number of hydrogen-bond donors (Lipinski definition) is 0. The predicted octanol–water partition coefficient (Wildman–Crippen LogP) is 17.7. The molecule has 2 nitrogen and oxygen atoms in total. The summed E-state index contributed by atoms with van der Waals surface area (Å²) in [7, 11) is 0. The quantitative estimate of drug-likeness (QED) is 0.141. The Hall–Kier alpha value is -8.72. The van der Waals surface area contributed by atoms with Crippen molar-refractivity contribution in [1.29, 1.82) is 0 Å². The molecule has 0 saturated carbocycles. The molecule has 0 saturated heterocycles. The van der Waals surface area contributed by atoms with Gasteiger partial charge in [0, 0.05) is 38.9 Å². The van der Waals surface area contributed by atoms with Gasteiger partial charge in [0.25, 0.3) is 0 Å². The first kappa shape index (κ1) is 38.9. The SMILES string of the molecule is c1ccc(-c2cccc(-c3ccc(N(c4cc(-c5ccccc5)cc(-c5ccccc5)c4)c4cccc(-c5cccc6c5c5ccc7ccccc7c5n6-c5ccccc5)c4)cc3)c2)cc1. The molecule has 0 aliphatic heterocycles. The number of hydrogen-bond acceptors (Lipinski definition) is 1. The molecule has 0 N–H and O–H groups in total. The predicted molar refractivity (Wildman–Crippen MR) is 280 cm³/mol. The Bertz CT molecular complexity index is 3610. The highest BCUT2D eigenvalue weighted by molar-refractivity contribution is 6.22. The first-order valence-corrected chi connectivity index (χ1v) is 22.7. The number of rotatable bonds is 9. The number of nitrogens with zero attached hydrogens (tertiary/aromatic N) is 2. The third-order valence-electron chi connectivity index (χ3n) is 12.9. The Morgan fingerprint density at radius 2 is 0.773 bits per heavy atom. The van der Waals surface area contributed by atoms with Crippen LogP contribution < -0.4 is 4.90 Å². The highest BCUT2D eigenvalue weighted by Crippen LogP contribution is 2.45. The molecule has 0 aliphatic rings. The van der Waals surface area contributed by atoms with Crippen LogP contribution in [0.2, 0.25) is 0 Å². The molecule has 0 atom stereocenters. The molecule has 0 fully saturated rings. The van der Waals surface area contributed by atoms with Crippen LogP contribution in [0.1, 0.15) is 0 Å². The summed E-state index contributed by atoms with van der Waals surface area (Å²) in [5, 5.41) is 4.95. The molecular weight excluding hydrogens is 797 g/mol. The van der Waals surface area contributed by atoms with E-state index in [-0.39, 0.29) is 0 Å². The largest absolute Gasteiger partial charge is 0.310 e. The number of para-hydroxylation sites is 1. The van der Waals surface area contributed by atoms with Crippen molar-refractivity contribution in [3.8, 4) is 61.3 Å². The van der Waals surface area contributed by atoms with Gasteiger partial charge in [-0.1, -0.05) is 200 Å². The van der Waals surface area contributed by atoms with E-state index in [9.17, 15) is 0 Å². The fraction of sp³-hybridized carbons (Fsp3) is 0. The van der Waals surface area contributed by atoms with E-state index in [0.29, 0.717) is 0 Å². The Morgan fingerprint density at radius 3 is 1.44 bits per heavy atom. The Morgan fingerprint density at radius 1 is 0.273 bits per heavy atom. The molecule has 0 bridgehead atoms. The summed E-state index contributed by atoms with van der Waals surface area (Å²) in [6.45, 7) is 0. The van der Waals surface area contributed by atoms with E-state index in [0.717, 1.165) is 39.4 Å². The lowest BCUT2D eigenvalue weighted by molar-refractivity contribution is 1.19. The Kier molecular flexibility index (Phi) is 9.89. The zero-order chi connectivity index (χ0) is 43.8. The third-order valence-corrected chi connectivity index (χ3v) is 12.9. The lowest BCUT2D eigenvalue weighted by Gasteiger charge is -2.27. The van der Waals surface area contributed by atoms with Gasteiger partial charge in [0.15, 0.2) is 0 Å². The van der Waals surface area contributed by atoms with E-state index in [1.54, 1.807) is 0 Å². The van der Waals surface area contributed by atoms with Gasteiger partial charge in [0.2, 0.25) is 0 Å². The molecule has 1 aromatic heterocycles. The van der Waals surface area contributed by atoms with Crippen molar-refractivity contribution in [3.05, 3.63) is 267 Å². The molecule has 12 rings (SSSR count). The maximum absolute atomic E-state index is 2.45. The lowest BCUT2D eigenvalue weighted by atomic mass is 9.96. The smallest absolute Gasteiger partial charge is 0.0619 e. The summed E-state index contributed by atoms with van der Waals surface area (Å²) in [5.41, 5.74) is 18.6. The van der Waals surface area contributed by atoms with Gasteiger partial charge in [-0.3, -0.25) is 0 Å². The Labute approximate surface area is 385 Å². The van der Waals surface area contributed by atoms with E-state index in [1.165, 1.54) is 71.5 Å². The molecule has 0 aliphatic carbocycles. The van der Waals surface area contributed by atoms with Crippen LogP contribution in [-0.2, 0) is 0 Å². The molecule has 11 aromatic carbocycles. The average Bonchev–Trinajstić information content (AvgIpc) is 3.75. The van der Waals surface area contributed by atoms with Gasteiger partial charge >= 0.3 is 0 Å². The van der Waals surface area contributed by atoms with Crippen molar-refractivity contribution in [2.45, 2.75) is 0 Å². The molecule has 2 heteroatoms. The molecule has 0 spiro atoms. The van der Waals surface area contributed by atoms with Crippen LogP contribution in [0.3, 0.4) is 0 Å². The van der Waals surface area contributed by atoms with Crippen LogP contribution in [0.5, 0.6) is 0 Å². The first-order chi connectivity index (χ1) is 32.7. The van der Waals surface area contributed by atoms with Crippen LogP contribution >= 0.6 is 0 Å². The van der Waals surface area contributed by atoms with Gasteiger partial charge in [-0.25, -0.2) is 0 Å². The van der Waals surface area contributed by atoms with Crippen molar-refractivity contribution in [1.82, 2.24) is 4.57 Å². The van der Waals surface area contributed by atoms with Crippen LogP contribution in [-0.4, -0.2) is 4.57 Å². The lowest BCUT2D eigenvalue weighted by Crippen LogP contribution is -2.10. The fourth-order valence-corrected chi connectivity index (χ4v) is 9.82. The Balaban J connectivity index is 1.05. The molecule has 0 radical (unpaired) electrons. The summed E-state index contributed by atoms with van der Waals surface area (Å²) < 4.78 is 2.45. The third kappa shape index (κ3) is 7.12. The van der Waals surface area contributed by atoms with Crippen molar-refractivity contribution in [2.24, 2.45) is 0 Å². The van der Waals surface area contributed by atoms with Crippen LogP contribution in [0.15, 0.2) is 267 Å². The molecule has 0 amide bonds. The highest BCUT2D eigenvalue weighted by Gasteiger charge is 2.21. The second-order valence-corrected chi connectivity index (χ2v) is 16.9. The zero-order valence-electron chi connectivity index (χ0n) is 36.3. The second-order valence-electron chi connectivity index (χ2n) is 16.9. The molecule has 12 aromatic rings. The monoisotopic (exact) mass is 840 g/mol. The molecule has 0 unspecified atom stereocenters. The van der Waals surface area contributed by atoms with Crippen LogP contribution in [0, 0.1) is 0 Å². The maximum Gasteiger partial charge on any atom is 0.0619 e. The molecule has 310 valence electrons. The van der Waals surface area contributed by atoms with E-state index in [4.69, 9.17) is 0 Å². The minimum absolute atomic E-state index is 1.07. The second kappa shape index (κ2) is 16.8. The molecule has 1 heterocycles. The zero-order valence-corrected chi connectivity index (χ0v) is 36.3. The van der Waals surface area contributed by atoms with Gasteiger partial charge in [0.05, 0.1) is 11.0 Å². The van der Waals surface area contributed by atoms with Crippen molar-refractivity contribution < 1.29 is 0 Å². The fourth-order valence-electron chi connectivity index (χ4n) is 9.82. The van der Waals surface area contributed by atoms with Crippen molar-refractivity contribution in [2.75, 3.05) is 4.90 Å². The normalized spacial score (nSPS) is 11.3. The minimum Gasteiger partial charge on any atom is -0.310 e. The van der Waals surface area contributed by atoms with Gasteiger partial charge in [-0.15, -0.1) is 0 Å². The number of anilines is 3. The average molecular weight is 841 g/mol. The number of aromatic nitrogens is 1. The highest BCUT2D eigenvalue weighted by atomic mass is 15.1. The summed E-state index contributed by atoms with van der Waals surface area (Å²) in [6, 6.07) is 96.9. The van der Waals surface area contributed by atoms with E-state index >= 15 is 0 Å². The van der Waals surface area contributed by atoms with E-state index in [1.807, 2.05) is 0 Å². The van der Waals surface area contributed by atoms with Crippen LogP contribution in [0.4, 0.5) is 17.1 Å². The summed E-state index contributed by atoms with van der Waals surface area (Å²) >= 11 is 0. The summed E-state index contributed by atoms with van der Waals surface area (Å²) in [6.07, 6.45) is 0. The van der Waals surface area contributed by atoms with Gasteiger partial charge in [-0.05, 0) is 128 Å². The van der Waals surface area contributed by atoms with E-state index in [2.05, 4.69) is 276 Å². The summed E-state index contributed by atoms with van der Waals surface area (Å²) in [5.74, 6) is 0. The maximum atomic E-state index is 2.45. The van der Waals surface area contributed by atoms with Gasteiger partial charge < -0.3 is 9.47 Å². The van der Waals surface area contributed by atoms with Gasteiger partial charge in [-0.2, -0.15) is 0 Å². The number of fused-ring (bicyclic) bond motifs is 5. The standard InChI is InChI=1S/C64H44N2/c1-5-18-45(19-6-1)50-25-15-26-51(40-50)48-34-37-56(38-35-48)65(58-43-53(46-20-7-2-8-21-46)41-54(44-58)47-22-9-3-10-23-47)57-30-16-27-52(42-57)59-32-17-33-62-63(59)61-39-36-49-24-13-14-31-60(49)64(61)66(62)55-28-11-4-12-29-55/h1-44H. The molecule has 66 heavy (non-hydrogen) atoms. The van der Waals surface area contributed by atoms with Crippen molar-refractivity contribution >= 4 is 49.6 Å². The first-order valence-electron chi connectivity index (χ1n) is 22.7. The van der Waals surface area contributed by atoms with E-state index < -0.39 is 0 Å².